The van der Waals surface area contributed by atoms with E-state index in [1.807, 2.05) is 20.8 Å². The van der Waals surface area contributed by atoms with Crippen molar-refractivity contribution in [2.75, 3.05) is 44.7 Å². The molecule has 3 heterocycles. The van der Waals surface area contributed by atoms with Crippen molar-refractivity contribution in [1.29, 1.82) is 5.26 Å². The number of rotatable bonds is 4. The van der Waals surface area contributed by atoms with Crippen molar-refractivity contribution in [3.05, 3.63) is 17.6 Å². The second kappa shape index (κ2) is 9.82. The highest BCUT2D eigenvalue weighted by atomic mass is 16.6. The highest BCUT2D eigenvalue weighted by molar-refractivity contribution is 5.68. The standard InChI is InChI=1S/C23H36N6O2/c1-17(19-8-6-9-27(19)5)14-20-25-18(16-24)15-21(26-20)28-10-7-11-29(13-12-28)22(30)31-23(2,3)4/h15,17,19H,6-14H2,1-5H3/t17-,19+/m1/s1. The summed E-state index contributed by atoms with van der Waals surface area (Å²) in [6.07, 6.45) is 3.75. The van der Waals surface area contributed by atoms with Crippen LogP contribution < -0.4 is 4.90 Å². The van der Waals surface area contributed by atoms with Crippen LogP contribution >= 0.6 is 0 Å². The van der Waals surface area contributed by atoms with E-state index in [9.17, 15) is 10.1 Å². The Morgan fingerprint density at radius 3 is 2.65 bits per heavy atom. The molecule has 0 spiro atoms. The first-order chi connectivity index (χ1) is 14.7. The molecule has 2 atom stereocenters. The van der Waals surface area contributed by atoms with Crippen molar-refractivity contribution < 1.29 is 9.53 Å². The lowest BCUT2D eigenvalue weighted by Gasteiger charge is -2.27. The molecule has 0 saturated carbocycles. The van der Waals surface area contributed by atoms with Gasteiger partial charge in [-0.15, -0.1) is 0 Å². The Morgan fingerprint density at radius 1 is 1.23 bits per heavy atom. The average Bonchev–Trinajstić information content (AvgIpc) is 2.97. The molecule has 0 radical (unpaired) electrons. The Balaban J connectivity index is 1.70. The molecule has 1 aromatic heterocycles. The van der Waals surface area contributed by atoms with Gasteiger partial charge in [-0.3, -0.25) is 0 Å². The van der Waals surface area contributed by atoms with Crippen LogP contribution in [0.25, 0.3) is 0 Å². The van der Waals surface area contributed by atoms with Crippen molar-refractivity contribution in [3.8, 4) is 6.07 Å². The fourth-order valence-electron chi connectivity index (χ4n) is 4.53. The number of nitriles is 1. The lowest BCUT2D eigenvalue weighted by Crippen LogP contribution is -2.39. The Labute approximate surface area is 186 Å². The number of carbonyl (C=O) groups excluding carboxylic acids is 1. The molecule has 0 bridgehead atoms. The number of nitrogens with zero attached hydrogens (tertiary/aromatic N) is 6. The van der Waals surface area contributed by atoms with Crippen LogP contribution in [-0.4, -0.2) is 77.3 Å². The molecule has 3 rings (SSSR count). The lowest BCUT2D eigenvalue weighted by atomic mass is 9.96. The third-order valence-electron chi connectivity index (χ3n) is 6.08. The zero-order valence-electron chi connectivity index (χ0n) is 19.6. The SMILES string of the molecule is C[C@H](Cc1nc(C#N)cc(N2CCCN(C(=O)OC(C)(C)C)CC2)n1)[C@@H]1CCCN1C. The second-order valence-corrected chi connectivity index (χ2v) is 9.82. The van der Waals surface area contributed by atoms with E-state index in [0.29, 0.717) is 37.3 Å². The number of hydrogen-bond donors (Lipinski definition) is 0. The van der Waals surface area contributed by atoms with Gasteiger partial charge in [0.05, 0.1) is 0 Å². The number of carbonyl (C=O) groups is 1. The topological polar surface area (TPSA) is 85.6 Å². The van der Waals surface area contributed by atoms with E-state index in [1.165, 1.54) is 12.8 Å². The van der Waals surface area contributed by atoms with Crippen molar-refractivity contribution in [2.24, 2.45) is 5.92 Å². The van der Waals surface area contributed by atoms with Gasteiger partial charge in [0, 0.05) is 44.7 Å². The summed E-state index contributed by atoms with van der Waals surface area (Å²) >= 11 is 0. The van der Waals surface area contributed by atoms with Crippen LogP contribution in [0.3, 0.4) is 0 Å². The molecule has 170 valence electrons. The van der Waals surface area contributed by atoms with Gasteiger partial charge in [-0.2, -0.15) is 5.26 Å². The monoisotopic (exact) mass is 428 g/mol. The molecule has 31 heavy (non-hydrogen) atoms. The summed E-state index contributed by atoms with van der Waals surface area (Å²) in [5.41, 5.74) is -0.101. The van der Waals surface area contributed by atoms with Gasteiger partial charge < -0.3 is 19.4 Å². The van der Waals surface area contributed by atoms with Crippen molar-refractivity contribution in [1.82, 2.24) is 19.8 Å². The molecule has 0 unspecified atom stereocenters. The summed E-state index contributed by atoms with van der Waals surface area (Å²) in [6, 6.07) is 4.50. The van der Waals surface area contributed by atoms with E-state index in [-0.39, 0.29) is 6.09 Å². The first-order valence-electron chi connectivity index (χ1n) is 11.4. The van der Waals surface area contributed by atoms with Gasteiger partial charge in [0.15, 0.2) is 0 Å². The van der Waals surface area contributed by atoms with Crippen LogP contribution in [0, 0.1) is 17.2 Å². The molecule has 2 saturated heterocycles. The average molecular weight is 429 g/mol. The Kier molecular flexibility index (Phi) is 7.37. The van der Waals surface area contributed by atoms with Gasteiger partial charge in [-0.25, -0.2) is 14.8 Å². The minimum atomic E-state index is -0.504. The number of hydrogen-bond acceptors (Lipinski definition) is 7. The molecule has 0 N–H and O–H groups in total. The molecule has 2 fully saturated rings. The van der Waals surface area contributed by atoms with Crippen LogP contribution in [0.4, 0.5) is 10.6 Å². The normalized spacial score (nSPS) is 21.5. The first kappa shape index (κ1) is 23.3. The van der Waals surface area contributed by atoms with Crippen molar-refractivity contribution in [3.63, 3.8) is 0 Å². The highest BCUT2D eigenvalue weighted by Crippen LogP contribution is 2.25. The fraction of sp³-hybridized carbons (Fsp3) is 0.739. The fourth-order valence-corrected chi connectivity index (χ4v) is 4.53. The largest absolute Gasteiger partial charge is 0.444 e. The summed E-state index contributed by atoms with van der Waals surface area (Å²) in [4.78, 5) is 28.1. The molecule has 2 aliphatic heterocycles. The summed E-state index contributed by atoms with van der Waals surface area (Å²) in [6.45, 7) is 11.7. The number of anilines is 1. The van der Waals surface area contributed by atoms with Crippen LogP contribution in [-0.2, 0) is 11.2 Å². The lowest BCUT2D eigenvalue weighted by molar-refractivity contribution is 0.0263. The summed E-state index contributed by atoms with van der Waals surface area (Å²) < 4.78 is 5.53. The molecule has 8 heteroatoms. The zero-order valence-corrected chi connectivity index (χ0v) is 19.6. The zero-order chi connectivity index (χ0) is 22.6. The van der Waals surface area contributed by atoms with E-state index in [2.05, 4.69) is 34.8 Å². The van der Waals surface area contributed by atoms with Crippen molar-refractivity contribution in [2.45, 2.75) is 65.0 Å². The molecule has 8 nitrogen and oxygen atoms in total. The molecule has 0 aliphatic carbocycles. The Bertz CT molecular complexity index is 815. The maximum atomic E-state index is 12.5. The van der Waals surface area contributed by atoms with Gasteiger partial charge in [0.25, 0.3) is 0 Å². The molecule has 1 aromatic rings. The molecular formula is C23H36N6O2. The smallest absolute Gasteiger partial charge is 0.410 e. The Hall–Kier alpha value is -2.40. The van der Waals surface area contributed by atoms with Gasteiger partial charge in [-0.05, 0) is 59.5 Å². The van der Waals surface area contributed by atoms with Gasteiger partial charge in [0.1, 0.15) is 29.0 Å². The maximum Gasteiger partial charge on any atom is 0.410 e. The molecular weight excluding hydrogens is 392 g/mol. The van der Waals surface area contributed by atoms with Crippen LogP contribution in [0.15, 0.2) is 6.07 Å². The van der Waals surface area contributed by atoms with Crippen LogP contribution in [0.2, 0.25) is 0 Å². The van der Waals surface area contributed by atoms with E-state index in [0.717, 1.165) is 37.6 Å². The quantitative estimate of drug-likeness (QED) is 0.728. The predicted octanol–water partition coefficient (Wildman–Crippen LogP) is 3.07. The van der Waals surface area contributed by atoms with Crippen LogP contribution in [0.5, 0.6) is 0 Å². The maximum absolute atomic E-state index is 12.5. The number of ether oxygens (including phenoxy) is 1. The predicted molar refractivity (Wildman–Crippen MR) is 120 cm³/mol. The van der Waals surface area contributed by atoms with Crippen LogP contribution in [0.1, 0.15) is 58.5 Å². The summed E-state index contributed by atoms with van der Waals surface area (Å²) in [7, 11) is 2.18. The van der Waals surface area contributed by atoms with Gasteiger partial charge >= 0.3 is 6.09 Å². The van der Waals surface area contributed by atoms with E-state index in [1.54, 1.807) is 11.0 Å². The van der Waals surface area contributed by atoms with Gasteiger partial charge in [-0.1, -0.05) is 6.92 Å². The number of aromatic nitrogens is 2. The summed E-state index contributed by atoms with van der Waals surface area (Å²) in [5, 5.41) is 9.51. The third-order valence-corrected chi connectivity index (χ3v) is 6.08. The van der Waals surface area contributed by atoms with E-state index >= 15 is 0 Å². The number of likely N-dealkylation sites (tertiary alicyclic amines) is 1. The first-order valence-corrected chi connectivity index (χ1v) is 11.4. The highest BCUT2D eigenvalue weighted by Gasteiger charge is 2.28. The third kappa shape index (κ3) is 6.30. The molecule has 2 aliphatic rings. The molecule has 1 amide bonds. The van der Waals surface area contributed by atoms with E-state index < -0.39 is 5.60 Å². The summed E-state index contributed by atoms with van der Waals surface area (Å²) in [5.74, 6) is 1.94. The number of amides is 1. The van der Waals surface area contributed by atoms with E-state index in [4.69, 9.17) is 9.72 Å². The van der Waals surface area contributed by atoms with Gasteiger partial charge in [0.2, 0.25) is 0 Å². The molecule has 0 aromatic carbocycles. The van der Waals surface area contributed by atoms with Crippen molar-refractivity contribution >= 4 is 11.9 Å². The minimum Gasteiger partial charge on any atom is -0.444 e. The second-order valence-electron chi connectivity index (χ2n) is 9.82. The minimum absolute atomic E-state index is 0.273. The Morgan fingerprint density at radius 2 is 2.00 bits per heavy atom.